The van der Waals surface area contributed by atoms with Gasteiger partial charge in [0.25, 0.3) is 0 Å². The topological polar surface area (TPSA) is 53.0 Å². The number of carbonyl (C=O) groups excluding carboxylic acids is 1. The van der Waals surface area contributed by atoms with Crippen molar-refractivity contribution >= 4 is 5.91 Å². The summed E-state index contributed by atoms with van der Waals surface area (Å²) in [6, 6.07) is 0.110. The molecule has 1 amide bonds. The highest BCUT2D eigenvalue weighted by Crippen LogP contribution is 2.17. The zero-order chi connectivity index (χ0) is 13.8. The number of piperidine rings is 1. The van der Waals surface area contributed by atoms with Crippen LogP contribution < -0.4 is 0 Å². The third kappa shape index (κ3) is 3.91. The van der Waals surface area contributed by atoms with E-state index in [1.54, 1.807) is 0 Å². The summed E-state index contributed by atoms with van der Waals surface area (Å²) in [6.07, 6.45) is 2.15. The van der Waals surface area contributed by atoms with Gasteiger partial charge in [0.2, 0.25) is 5.91 Å². The average molecular weight is 270 g/mol. The van der Waals surface area contributed by atoms with Gasteiger partial charge in [-0.05, 0) is 38.8 Å². The smallest absolute Gasteiger partial charge is 0.237 e. The van der Waals surface area contributed by atoms with E-state index >= 15 is 0 Å². The number of amides is 1. The Hall–Kier alpha value is -0.650. The van der Waals surface area contributed by atoms with Crippen LogP contribution in [-0.4, -0.2) is 72.4 Å². The second-order valence-electron chi connectivity index (χ2n) is 5.99. The first-order valence-electron chi connectivity index (χ1n) is 7.34. The highest BCUT2D eigenvalue weighted by molar-refractivity contribution is 5.78. The fraction of sp³-hybridized carbons (Fsp3) is 0.929. The van der Waals surface area contributed by atoms with E-state index in [4.69, 9.17) is 9.84 Å². The van der Waals surface area contributed by atoms with Crippen molar-refractivity contribution < 1.29 is 14.6 Å². The van der Waals surface area contributed by atoms with Gasteiger partial charge in [-0.15, -0.1) is 0 Å². The quantitative estimate of drug-likeness (QED) is 0.803. The van der Waals surface area contributed by atoms with Gasteiger partial charge in [0.15, 0.2) is 0 Å². The molecular formula is C14H26N2O3. The van der Waals surface area contributed by atoms with Crippen LogP contribution in [0.2, 0.25) is 0 Å². The van der Waals surface area contributed by atoms with E-state index < -0.39 is 0 Å². The standard InChI is InChI=1S/C14H26N2O3/c1-11-3-5-15(6-4-11)8-14(18)16-7-13(9-17)19-10-12(16)2/h11-13,17H,3-10H2,1-2H3. The van der Waals surface area contributed by atoms with Gasteiger partial charge in [-0.25, -0.2) is 0 Å². The molecule has 0 bridgehead atoms. The maximum Gasteiger partial charge on any atom is 0.237 e. The molecule has 5 nitrogen and oxygen atoms in total. The van der Waals surface area contributed by atoms with Crippen LogP contribution in [0.15, 0.2) is 0 Å². The molecule has 2 heterocycles. The fourth-order valence-corrected chi connectivity index (χ4v) is 2.78. The van der Waals surface area contributed by atoms with Crippen LogP contribution in [0.4, 0.5) is 0 Å². The summed E-state index contributed by atoms with van der Waals surface area (Å²) < 4.78 is 5.47. The third-order valence-corrected chi connectivity index (χ3v) is 4.26. The number of hydrogen-bond acceptors (Lipinski definition) is 4. The minimum Gasteiger partial charge on any atom is -0.394 e. The van der Waals surface area contributed by atoms with Crippen molar-refractivity contribution in [3.63, 3.8) is 0 Å². The van der Waals surface area contributed by atoms with Gasteiger partial charge in [-0.1, -0.05) is 6.92 Å². The first kappa shape index (κ1) is 14.8. The molecular weight excluding hydrogens is 244 g/mol. The second kappa shape index (κ2) is 6.68. The molecule has 2 aliphatic rings. The van der Waals surface area contributed by atoms with Crippen LogP contribution in [0.3, 0.4) is 0 Å². The molecule has 0 aromatic heterocycles. The van der Waals surface area contributed by atoms with Crippen molar-refractivity contribution in [1.82, 2.24) is 9.80 Å². The summed E-state index contributed by atoms with van der Waals surface area (Å²) in [7, 11) is 0. The number of likely N-dealkylation sites (tertiary alicyclic amines) is 1. The zero-order valence-corrected chi connectivity index (χ0v) is 12.0. The molecule has 0 radical (unpaired) electrons. The van der Waals surface area contributed by atoms with Crippen molar-refractivity contribution in [3.8, 4) is 0 Å². The van der Waals surface area contributed by atoms with E-state index in [2.05, 4.69) is 11.8 Å². The number of nitrogens with zero attached hydrogens (tertiary/aromatic N) is 2. The van der Waals surface area contributed by atoms with E-state index in [0.717, 1.165) is 19.0 Å². The van der Waals surface area contributed by atoms with Crippen molar-refractivity contribution in [3.05, 3.63) is 0 Å². The van der Waals surface area contributed by atoms with Crippen LogP contribution in [0, 0.1) is 5.92 Å². The van der Waals surface area contributed by atoms with Gasteiger partial charge in [0.05, 0.1) is 31.9 Å². The van der Waals surface area contributed by atoms with E-state index in [0.29, 0.717) is 19.7 Å². The molecule has 2 atom stereocenters. The molecule has 2 fully saturated rings. The Balaban J connectivity index is 1.84. The molecule has 2 aliphatic heterocycles. The van der Waals surface area contributed by atoms with E-state index in [9.17, 15) is 4.79 Å². The Morgan fingerprint density at radius 2 is 2.00 bits per heavy atom. The Bertz CT molecular complexity index is 303. The molecule has 0 aromatic carbocycles. The molecule has 0 aromatic rings. The second-order valence-corrected chi connectivity index (χ2v) is 5.99. The molecule has 2 saturated heterocycles. The molecule has 1 N–H and O–H groups in total. The number of aliphatic hydroxyl groups is 1. The molecule has 2 unspecified atom stereocenters. The number of carbonyl (C=O) groups is 1. The van der Waals surface area contributed by atoms with Crippen molar-refractivity contribution in [2.75, 3.05) is 39.4 Å². The summed E-state index contributed by atoms with van der Waals surface area (Å²) >= 11 is 0. The predicted molar refractivity (Wildman–Crippen MR) is 72.8 cm³/mol. The van der Waals surface area contributed by atoms with Crippen LogP contribution >= 0.6 is 0 Å². The van der Waals surface area contributed by atoms with Crippen molar-refractivity contribution in [1.29, 1.82) is 0 Å². The molecule has 2 rings (SSSR count). The predicted octanol–water partition coefficient (Wildman–Crippen LogP) is 0.327. The maximum atomic E-state index is 12.4. The Labute approximate surface area is 115 Å². The third-order valence-electron chi connectivity index (χ3n) is 4.26. The van der Waals surface area contributed by atoms with Crippen molar-refractivity contribution in [2.45, 2.75) is 38.8 Å². The summed E-state index contributed by atoms with van der Waals surface area (Å²) in [5.74, 6) is 0.955. The lowest BCUT2D eigenvalue weighted by molar-refractivity contribution is -0.147. The molecule has 0 aliphatic carbocycles. The highest BCUT2D eigenvalue weighted by atomic mass is 16.5. The lowest BCUT2D eigenvalue weighted by Crippen LogP contribution is -2.54. The molecule has 0 saturated carbocycles. The van der Waals surface area contributed by atoms with E-state index in [1.165, 1.54) is 12.8 Å². The van der Waals surface area contributed by atoms with Crippen LogP contribution in [0.5, 0.6) is 0 Å². The van der Waals surface area contributed by atoms with Gasteiger partial charge in [-0.3, -0.25) is 9.69 Å². The molecule has 0 spiro atoms. The van der Waals surface area contributed by atoms with E-state index in [1.807, 2.05) is 11.8 Å². The van der Waals surface area contributed by atoms with Crippen LogP contribution in [-0.2, 0) is 9.53 Å². The lowest BCUT2D eigenvalue weighted by Gasteiger charge is -2.39. The van der Waals surface area contributed by atoms with Crippen LogP contribution in [0.25, 0.3) is 0 Å². The van der Waals surface area contributed by atoms with Gasteiger partial charge in [0.1, 0.15) is 0 Å². The minimum atomic E-state index is -0.221. The highest BCUT2D eigenvalue weighted by Gasteiger charge is 2.30. The zero-order valence-electron chi connectivity index (χ0n) is 12.0. The number of aliphatic hydroxyl groups excluding tert-OH is 1. The average Bonchev–Trinajstić information content (AvgIpc) is 2.42. The Morgan fingerprint density at radius 1 is 1.32 bits per heavy atom. The summed E-state index contributed by atoms with van der Waals surface area (Å²) in [5, 5.41) is 9.15. The number of ether oxygens (including phenoxy) is 1. The van der Waals surface area contributed by atoms with Gasteiger partial charge in [-0.2, -0.15) is 0 Å². The normalized spacial score (nSPS) is 30.6. The van der Waals surface area contributed by atoms with E-state index in [-0.39, 0.29) is 24.7 Å². The molecule has 110 valence electrons. The SMILES string of the molecule is CC1CCN(CC(=O)N2CC(CO)OCC2C)CC1. The first-order valence-corrected chi connectivity index (χ1v) is 7.34. The fourth-order valence-electron chi connectivity index (χ4n) is 2.78. The lowest BCUT2D eigenvalue weighted by atomic mass is 9.99. The maximum absolute atomic E-state index is 12.4. The summed E-state index contributed by atoms with van der Waals surface area (Å²) in [4.78, 5) is 16.5. The molecule has 5 heteroatoms. The summed E-state index contributed by atoms with van der Waals surface area (Å²) in [6.45, 7) is 7.85. The summed E-state index contributed by atoms with van der Waals surface area (Å²) in [5.41, 5.74) is 0. The monoisotopic (exact) mass is 270 g/mol. The first-order chi connectivity index (χ1) is 9.10. The molecule has 19 heavy (non-hydrogen) atoms. The Kier molecular flexibility index (Phi) is 5.19. The van der Waals surface area contributed by atoms with Crippen molar-refractivity contribution in [2.24, 2.45) is 5.92 Å². The number of hydrogen-bond donors (Lipinski definition) is 1. The van der Waals surface area contributed by atoms with Gasteiger partial charge in [0, 0.05) is 6.54 Å². The Morgan fingerprint density at radius 3 is 2.63 bits per heavy atom. The van der Waals surface area contributed by atoms with Crippen LogP contribution in [0.1, 0.15) is 26.7 Å². The number of rotatable bonds is 3. The van der Waals surface area contributed by atoms with Gasteiger partial charge < -0.3 is 14.7 Å². The number of morpholine rings is 1. The largest absolute Gasteiger partial charge is 0.394 e. The minimum absolute atomic E-state index is 0.0161. The van der Waals surface area contributed by atoms with Gasteiger partial charge >= 0.3 is 0 Å².